The van der Waals surface area contributed by atoms with E-state index in [4.69, 9.17) is 11.6 Å². The molecule has 0 aromatic heterocycles. The average molecular weight is 285 g/mol. The van der Waals surface area contributed by atoms with Crippen molar-refractivity contribution in [3.05, 3.63) is 28.8 Å². The average Bonchev–Trinajstić information content (AvgIpc) is 2.81. The van der Waals surface area contributed by atoms with Gasteiger partial charge in [-0.3, -0.25) is 4.79 Å². The molecule has 2 rings (SSSR count). The zero-order valence-corrected chi connectivity index (χ0v) is 12.2. The van der Waals surface area contributed by atoms with E-state index in [-0.39, 0.29) is 5.91 Å². The maximum Gasteiger partial charge on any atom is 0.255 e. The van der Waals surface area contributed by atoms with Crippen LogP contribution < -0.4 is 0 Å². The molecule has 0 saturated carbocycles. The second kappa shape index (κ2) is 5.51. The van der Waals surface area contributed by atoms with E-state index in [1.54, 1.807) is 18.2 Å². The largest absolute Gasteiger partial charge is 0.337 e. The Morgan fingerprint density at radius 2 is 2.22 bits per heavy atom. The smallest absolute Gasteiger partial charge is 0.255 e. The molecular weight excluding hydrogens is 268 g/mol. The van der Waals surface area contributed by atoms with Gasteiger partial charge in [-0.2, -0.15) is 0 Å². The molecule has 1 aliphatic heterocycles. The Bertz CT molecular complexity index is 464. The monoisotopic (exact) mass is 284 g/mol. The van der Waals surface area contributed by atoms with Gasteiger partial charge in [0.1, 0.15) is 0 Å². The summed E-state index contributed by atoms with van der Waals surface area (Å²) in [6, 6.07) is 5.68. The van der Waals surface area contributed by atoms with E-state index in [9.17, 15) is 4.79 Å². The zero-order valence-electron chi connectivity index (χ0n) is 10.6. The predicted octanol–water partition coefficient (Wildman–Crippen LogP) is 2.40. The number of thiol groups is 1. The molecule has 1 aromatic carbocycles. The molecule has 3 nitrogen and oxygen atoms in total. The topological polar surface area (TPSA) is 23.6 Å². The molecule has 0 spiro atoms. The summed E-state index contributed by atoms with van der Waals surface area (Å²) in [4.78, 5) is 17.1. The van der Waals surface area contributed by atoms with Gasteiger partial charge in [-0.25, -0.2) is 0 Å². The number of hydrogen-bond donors (Lipinski definition) is 1. The van der Waals surface area contributed by atoms with Crippen LogP contribution in [0, 0.1) is 0 Å². The van der Waals surface area contributed by atoms with Crippen LogP contribution in [-0.2, 0) is 0 Å². The number of benzene rings is 1. The van der Waals surface area contributed by atoms with Crippen molar-refractivity contribution >= 4 is 30.1 Å². The van der Waals surface area contributed by atoms with Gasteiger partial charge in [-0.1, -0.05) is 11.6 Å². The Hall–Kier alpha value is -0.710. The van der Waals surface area contributed by atoms with Crippen molar-refractivity contribution in [3.8, 4) is 0 Å². The molecule has 18 heavy (non-hydrogen) atoms. The SMILES string of the molecule is CN(C)C1CCN(C(=O)c2cc(S)ccc2Cl)C1. The third kappa shape index (κ3) is 2.82. The van der Waals surface area contributed by atoms with Crippen LogP contribution in [-0.4, -0.2) is 48.9 Å². The summed E-state index contributed by atoms with van der Waals surface area (Å²) >= 11 is 10.3. The van der Waals surface area contributed by atoms with E-state index in [2.05, 4.69) is 17.5 Å². The van der Waals surface area contributed by atoms with Gasteiger partial charge in [0.15, 0.2) is 0 Å². The highest BCUT2D eigenvalue weighted by Gasteiger charge is 2.28. The third-order valence-corrected chi connectivity index (χ3v) is 3.97. The molecule has 98 valence electrons. The number of likely N-dealkylation sites (N-methyl/N-ethyl adjacent to an activating group) is 1. The molecule has 0 aliphatic carbocycles. The van der Waals surface area contributed by atoms with Crippen LogP contribution in [0.5, 0.6) is 0 Å². The van der Waals surface area contributed by atoms with Crippen molar-refractivity contribution in [2.75, 3.05) is 27.2 Å². The maximum absolute atomic E-state index is 12.4. The van der Waals surface area contributed by atoms with E-state index in [1.165, 1.54) is 0 Å². The Morgan fingerprint density at radius 1 is 1.50 bits per heavy atom. The van der Waals surface area contributed by atoms with Crippen molar-refractivity contribution < 1.29 is 4.79 Å². The Morgan fingerprint density at radius 3 is 2.83 bits per heavy atom. The minimum absolute atomic E-state index is 0.000231. The second-order valence-corrected chi connectivity index (χ2v) is 5.75. The fraction of sp³-hybridized carbons (Fsp3) is 0.462. The highest BCUT2D eigenvalue weighted by molar-refractivity contribution is 7.80. The van der Waals surface area contributed by atoms with Crippen LogP contribution in [0.2, 0.25) is 5.02 Å². The van der Waals surface area contributed by atoms with E-state index < -0.39 is 0 Å². The first-order valence-electron chi connectivity index (χ1n) is 5.93. The molecule has 5 heteroatoms. The van der Waals surface area contributed by atoms with E-state index in [0.717, 1.165) is 24.4 Å². The predicted molar refractivity (Wildman–Crippen MR) is 76.7 cm³/mol. The minimum atomic E-state index is 0.000231. The summed E-state index contributed by atoms with van der Waals surface area (Å²) < 4.78 is 0. The van der Waals surface area contributed by atoms with Crippen LogP contribution >= 0.6 is 24.2 Å². The molecule has 1 aliphatic rings. The van der Waals surface area contributed by atoms with Crippen molar-refractivity contribution in [2.45, 2.75) is 17.4 Å². The van der Waals surface area contributed by atoms with Gasteiger partial charge in [0.05, 0.1) is 10.6 Å². The molecule has 1 fully saturated rings. The van der Waals surface area contributed by atoms with E-state index in [1.807, 2.05) is 19.0 Å². The fourth-order valence-electron chi connectivity index (χ4n) is 2.20. The first-order valence-corrected chi connectivity index (χ1v) is 6.76. The summed E-state index contributed by atoms with van der Waals surface area (Å²) in [5.41, 5.74) is 0.545. The quantitative estimate of drug-likeness (QED) is 0.843. The van der Waals surface area contributed by atoms with E-state index >= 15 is 0 Å². The van der Waals surface area contributed by atoms with Crippen molar-refractivity contribution in [3.63, 3.8) is 0 Å². The first kappa shape index (κ1) is 13.7. The zero-order chi connectivity index (χ0) is 13.3. The minimum Gasteiger partial charge on any atom is -0.337 e. The summed E-state index contributed by atoms with van der Waals surface area (Å²) in [6.45, 7) is 1.55. The number of amides is 1. The van der Waals surface area contributed by atoms with Crippen LogP contribution in [0.3, 0.4) is 0 Å². The summed E-state index contributed by atoms with van der Waals surface area (Å²) in [6.07, 6.45) is 1.01. The highest BCUT2D eigenvalue weighted by Crippen LogP contribution is 2.23. The standard InChI is InChI=1S/C13H17ClN2OS/c1-15(2)9-5-6-16(8-9)13(17)11-7-10(18)3-4-12(11)14/h3-4,7,9,18H,5-6,8H2,1-2H3. The lowest BCUT2D eigenvalue weighted by molar-refractivity contribution is 0.0783. The molecule has 1 aromatic rings. The van der Waals surface area contributed by atoms with Gasteiger partial charge in [-0.05, 0) is 38.7 Å². The lowest BCUT2D eigenvalue weighted by Crippen LogP contribution is -2.34. The highest BCUT2D eigenvalue weighted by atomic mass is 35.5. The molecule has 1 amide bonds. The normalized spacial score (nSPS) is 19.6. The van der Waals surface area contributed by atoms with Crippen molar-refractivity contribution in [2.24, 2.45) is 0 Å². The number of carbonyl (C=O) groups is 1. The molecular formula is C13H17ClN2OS. The van der Waals surface area contributed by atoms with Gasteiger partial charge in [-0.15, -0.1) is 12.6 Å². The molecule has 1 heterocycles. The van der Waals surface area contributed by atoms with E-state index in [0.29, 0.717) is 16.6 Å². The summed E-state index contributed by atoms with van der Waals surface area (Å²) in [7, 11) is 4.08. The van der Waals surface area contributed by atoms with Gasteiger partial charge in [0.25, 0.3) is 5.91 Å². The van der Waals surface area contributed by atoms with Crippen molar-refractivity contribution in [1.29, 1.82) is 0 Å². The van der Waals surface area contributed by atoms with Crippen molar-refractivity contribution in [1.82, 2.24) is 9.80 Å². The molecule has 1 atom stereocenters. The summed E-state index contributed by atoms with van der Waals surface area (Å²) in [5.74, 6) is 0.000231. The number of likely N-dealkylation sites (tertiary alicyclic amines) is 1. The Labute approximate surface area is 118 Å². The Balaban J connectivity index is 2.15. The number of halogens is 1. The number of carbonyl (C=O) groups excluding carboxylic acids is 1. The molecule has 0 bridgehead atoms. The number of rotatable bonds is 2. The lowest BCUT2D eigenvalue weighted by atomic mass is 10.2. The first-order chi connectivity index (χ1) is 8.49. The van der Waals surface area contributed by atoms with Crippen LogP contribution in [0.25, 0.3) is 0 Å². The molecule has 1 unspecified atom stereocenters. The van der Waals surface area contributed by atoms with Crippen LogP contribution in [0.1, 0.15) is 16.8 Å². The second-order valence-electron chi connectivity index (χ2n) is 4.82. The molecule has 0 radical (unpaired) electrons. The van der Waals surface area contributed by atoms with Gasteiger partial charge in [0.2, 0.25) is 0 Å². The van der Waals surface area contributed by atoms with Gasteiger partial charge >= 0.3 is 0 Å². The molecule has 1 saturated heterocycles. The number of hydrogen-bond acceptors (Lipinski definition) is 3. The van der Waals surface area contributed by atoms with Crippen LogP contribution in [0.15, 0.2) is 23.1 Å². The third-order valence-electron chi connectivity index (χ3n) is 3.36. The fourth-order valence-corrected chi connectivity index (χ4v) is 2.60. The number of nitrogens with zero attached hydrogens (tertiary/aromatic N) is 2. The Kier molecular flexibility index (Phi) is 4.20. The summed E-state index contributed by atoms with van der Waals surface area (Å²) in [5, 5.41) is 0.492. The van der Waals surface area contributed by atoms with Gasteiger partial charge < -0.3 is 9.80 Å². The van der Waals surface area contributed by atoms with Gasteiger partial charge in [0, 0.05) is 24.0 Å². The van der Waals surface area contributed by atoms with Crippen LogP contribution in [0.4, 0.5) is 0 Å². The lowest BCUT2D eigenvalue weighted by Gasteiger charge is -2.20. The maximum atomic E-state index is 12.4. The molecule has 0 N–H and O–H groups in total.